The van der Waals surface area contributed by atoms with Crippen LogP contribution < -0.4 is 0 Å². The summed E-state index contributed by atoms with van der Waals surface area (Å²) in [7, 11) is 0. The molecule has 0 aromatic heterocycles. The Balaban J connectivity index is 1.86. The van der Waals surface area contributed by atoms with E-state index in [0.717, 1.165) is 24.0 Å². The van der Waals surface area contributed by atoms with E-state index in [-0.39, 0.29) is 27.6 Å². The number of rotatable bonds is 5. The lowest BCUT2D eigenvalue weighted by atomic mass is 9.61. The summed E-state index contributed by atoms with van der Waals surface area (Å²) in [6.45, 7) is 15.8. The molecule has 0 radical (unpaired) electrons. The van der Waals surface area contributed by atoms with Gasteiger partial charge in [0.25, 0.3) is 0 Å². The molecule has 1 aliphatic rings. The largest absolute Gasteiger partial charge is 0.478 e. The van der Waals surface area contributed by atoms with Crippen LogP contribution in [0.2, 0.25) is 0 Å². The van der Waals surface area contributed by atoms with E-state index in [1.807, 2.05) is 6.07 Å². The van der Waals surface area contributed by atoms with Crippen LogP contribution in [0.3, 0.4) is 0 Å². The van der Waals surface area contributed by atoms with E-state index in [4.69, 9.17) is 0 Å². The molecule has 0 fully saturated rings. The van der Waals surface area contributed by atoms with E-state index in [2.05, 4.69) is 78.8 Å². The molecule has 0 heterocycles. The number of ketones is 1. The Labute approximate surface area is 221 Å². The minimum Gasteiger partial charge on any atom is -0.478 e. The summed E-state index contributed by atoms with van der Waals surface area (Å²) in [5, 5.41) is 9.50. The van der Waals surface area contributed by atoms with Crippen LogP contribution >= 0.6 is 0 Å². The van der Waals surface area contributed by atoms with Gasteiger partial charge >= 0.3 is 5.97 Å². The average Bonchev–Trinajstić information content (AvgIpc) is 2.84. The monoisotopic (exact) mass is 494 g/mol. The summed E-state index contributed by atoms with van der Waals surface area (Å²) in [4.78, 5) is 25.1. The minimum absolute atomic E-state index is 0.0132. The van der Waals surface area contributed by atoms with Crippen LogP contribution in [0.15, 0.2) is 66.7 Å². The number of fused-ring (bicyclic) bond motifs is 1. The Bertz CT molecular complexity index is 1380. The molecule has 1 N–H and O–H groups in total. The first-order valence-corrected chi connectivity index (χ1v) is 13.1. The summed E-state index contributed by atoms with van der Waals surface area (Å²) in [6, 6.07) is 19.6. The maximum atomic E-state index is 13.5. The lowest BCUT2D eigenvalue weighted by Crippen LogP contribution is -2.34. The molecular formula is C34H38O3. The quantitative estimate of drug-likeness (QED) is 0.285. The number of carbonyl (C=O) groups is 2. The van der Waals surface area contributed by atoms with Gasteiger partial charge in [-0.2, -0.15) is 0 Å². The van der Waals surface area contributed by atoms with E-state index in [1.54, 1.807) is 30.3 Å². The molecular weight excluding hydrogens is 456 g/mol. The topological polar surface area (TPSA) is 54.4 Å². The van der Waals surface area contributed by atoms with Crippen molar-refractivity contribution in [3.63, 3.8) is 0 Å². The SMILES string of the molecule is CC(C)(C)c1ccc(-c2cc(C(=O)/C=C/c3ccccc3C(=O)O)cc3c2C(C)(C)CCC3(C)C)cc1. The number of hydrogen-bond acceptors (Lipinski definition) is 2. The number of carboxylic acids is 1. The van der Waals surface area contributed by atoms with Crippen LogP contribution in [0.1, 0.15) is 104 Å². The molecule has 192 valence electrons. The van der Waals surface area contributed by atoms with Crippen molar-refractivity contribution in [2.45, 2.75) is 77.6 Å². The van der Waals surface area contributed by atoms with Crippen molar-refractivity contribution in [1.29, 1.82) is 0 Å². The number of aromatic carboxylic acids is 1. The number of benzene rings is 3. The van der Waals surface area contributed by atoms with Crippen LogP contribution in [-0.4, -0.2) is 16.9 Å². The fraction of sp³-hybridized carbons (Fsp3) is 0.353. The van der Waals surface area contributed by atoms with Gasteiger partial charge in [0, 0.05) is 5.56 Å². The highest BCUT2D eigenvalue weighted by atomic mass is 16.4. The van der Waals surface area contributed by atoms with Gasteiger partial charge < -0.3 is 5.11 Å². The van der Waals surface area contributed by atoms with E-state index in [0.29, 0.717) is 11.1 Å². The van der Waals surface area contributed by atoms with Gasteiger partial charge in [0.15, 0.2) is 5.78 Å². The smallest absolute Gasteiger partial charge is 0.336 e. The summed E-state index contributed by atoms with van der Waals surface area (Å²) in [5.41, 5.74) is 7.37. The Hall–Kier alpha value is -3.46. The van der Waals surface area contributed by atoms with Crippen molar-refractivity contribution in [3.8, 4) is 11.1 Å². The highest BCUT2D eigenvalue weighted by Gasteiger charge is 2.39. The number of carbonyl (C=O) groups excluding carboxylic acids is 1. The Morgan fingerprint density at radius 2 is 1.49 bits per heavy atom. The van der Waals surface area contributed by atoms with Gasteiger partial charge in [-0.3, -0.25) is 4.79 Å². The van der Waals surface area contributed by atoms with Crippen LogP contribution in [0.4, 0.5) is 0 Å². The normalized spacial score (nSPS) is 16.4. The summed E-state index contributed by atoms with van der Waals surface area (Å²) in [5.74, 6) is -1.14. The molecule has 0 amide bonds. The summed E-state index contributed by atoms with van der Waals surface area (Å²) >= 11 is 0. The second-order valence-corrected chi connectivity index (χ2v) is 12.6. The average molecular weight is 495 g/mol. The molecule has 3 heteroatoms. The highest BCUT2D eigenvalue weighted by Crippen LogP contribution is 2.50. The van der Waals surface area contributed by atoms with E-state index >= 15 is 0 Å². The third-order valence-corrected chi connectivity index (χ3v) is 7.87. The first-order valence-electron chi connectivity index (χ1n) is 13.1. The summed E-state index contributed by atoms with van der Waals surface area (Å²) < 4.78 is 0. The van der Waals surface area contributed by atoms with Crippen molar-refractivity contribution < 1.29 is 14.7 Å². The van der Waals surface area contributed by atoms with Gasteiger partial charge in [-0.25, -0.2) is 4.79 Å². The van der Waals surface area contributed by atoms with E-state index in [9.17, 15) is 14.7 Å². The van der Waals surface area contributed by atoms with Crippen molar-refractivity contribution in [2.24, 2.45) is 0 Å². The lowest BCUT2D eigenvalue weighted by molar-refractivity contribution is 0.0696. The Morgan fingerprint density at radius 1 is 0.865 bits per heavy atom. The molecule has 0 spiro atoms. The molecule has 37 heavy (non-hydrogen) atoms. The van der Waals surface area contributed by atoms with Crippen molar-refractivity contribution in [2.75, 3.05) is 0 Å². The third-order valence-electron chi connectivity index (χ3n) is 7.87. The summed E-state index contributed by atoms with van der Waals surface area (Å²) in [6.07, 6.45) is 5.24. The highest BCUT2D eigenvalue weighted by molar-refractivity contribution is 6.08. The second kappa shape index (κ2) is 9.45. The van der Waals surface area contributed by atoms with Gasteiger partial charge in [0.05, 0.1) is 5.56 Å². The molecule has 4 rings (SSSR count). The zero-order chi connectivity index (χ0) is 27.2. The first-order chi connectivity index (χ1) is 17.2. The van der Waals surface area contributed by atoms with Crippen LogP contribution in [-0.2, 0) is 16.2 Å². The van der Waals surface area contributed by atoms with E-state index in [1.165, 1.54) is 22.8 Å². The van der Waals surface area contributed by atoms with Crippen molar-refractivity contribution >= 4 is 17.8 Å². The van der Waals surface area contributed by atoms with Gasteiger partial charge in [-0.15, -0.1) is 0 Å². The molecule has 0 bridgehead atoms. The van der Waals surface area contributed by atoms with Crippen molar-refractivity contribution in [3.05, 3.63) is 100 Å². The van der Waals surface area contributed by atoms with Gasteiger partial charge in [0.1, 0.15) is 0 Å². The van der Waals surface area contributed by atoms with Crippen LogP contribution in [0, 0.1) is 0 Å². The Morgan fingerprint density at radius 3 is 2.11 bits per heavy atom. The third kappa shape index (κ3) is 5.32. The molecule has 0 saturated carbocycles. The van der Waals surface area contributed by atoms with Crippen molar-refractivity contribution in [1.82, 2.24) is 0 Å². The number of allylic oxidation sites excluding steroid dienone is 1. The van der Waals surface area contributed by atoms with E-state index < -0.39 is 5.97 Å². The molecule has 0 atom stereocenters. The molecule has 0 unspecified atom stereocenters. The maximum absolute atomic E-state index is 13.5. The zero-order valence-corrected chi connectivity index (χ0v) is 23.1. The molecule has 3 aromatic carbocycles. The molecule has 1 aliphatic carbocycles. The predicted molar refractivity (Wildman–Crippen MR) is 153 cm³/mol. The number of carboxylic acid groups (broad SMARTS) is 1. The Kier molecular flexibility index (Phi) is 6.79. The van der Waals surface area contributed by atoms with Crippen LogP contribution in [0.5, 0.6) is 0 Å². The van der Waals surface area contributed by atoms with Gasteiger partial charge in [-0.1, -0.05) is 97.0 Å². The molecule has 0 saturated heterocycles. The van der Waals surface area contributed by atoms with Gasteiger partial charge in [0.2, 0.25) is 0 Å². The molecule has 3 nitrogen and oxygen atoms in total. The maximum Gasteiger partial charge on any atom is 0.336 e. The zero-order valence-electron chi connectivity index (χ0n) is 23.1. The fourth-order valence-corrected chi connectivity index (χ4v) is 5.41. The predicted octanol–water partition coefficient (Wildman–Crippen LogP) is 8.59. The molecule has 3 aromatic rings. The minimum atomic E-state index is -1.01. The molecule has 0 aliphatic heterocycles. The van der Waals surface area contributed by atoms with Crippen LogP contribution in [0.25, 0.3) is 17.2 Å². The standard InChI is InChI=1S/C34H38O3/c1-32(2,3)25-15-12-23(13-16-25)27-20-24(21-28-30(27)34(6,7)19-18-33(28,4)5)29(35)17-14-22-10-8-9-11-26(22)31(36)37/h8-17,20-21H,18-19H2,1-7H3,(H,36,37)/b17-14+. The lowest BCUT2D eigenvalue weighted by Gasteiger charge is -2.43. The fourth-order valence-electron chi connectivity index (χ4n) is 5.41. The van der Waals surface area contributed by atoms with Gasteiger partial charge in [-0.05, 0) is 86.7 Å². The number of hydrogen-bond donors (Lipinski definition) is 1. The second-order valence-electron chi connectivity index (χ2n) is 12.6. The first kappa shape index (κ1) is 26.6.